The number of rotatable bonds is 4. The molecule has 0 fully saturated rings. The summed E-state index contributed by atoms with van der Waals surface area (Å²) in [6.45, 7) is 3.30. The van der Waals surface area contributed by atoms with Gasteiger partial charge in [-0.3, -0.25) is 14.6 Å². The lowest BCUT2D eigenvalue weighted by molar-refractivity contribution is 0.0638. The Bertz CT molecular complexity index is 1130. The highest BCUT2D eigenvalue weighted by Gasteiger charge is 2.31. The molecule has 0 aliphatic carbocycles. The van der Waals surface area contributed by atoms with Crippen LogP contribution in [0.4, 0.5) is 0 Å². The van der Waals surface area contributed by atoms with Gasteiger partial charge in [0.05, 0.1) is 17.7 Å². The van der Waals surface area contributed by atoms with Crippen molar-refractivity contribution in [1.82, 2.24) is 24.8 Å². The normalized spacial score (nSPS) is 15.2. The predicted octanol–water partition coefficient (Wildman–Crippen LogP) is 2.30. The van der Waals surface area contributed by atoms with Gasteiger partial charge in [0.2, 0.25) is 0 Å². The minimum Gasteiger partial charge on any atom is -0.347 e. The van der Waals surface area contributed by atoms with Crippen LogP contribution in [0.5, 0.6) is 0 Å². The van der Waals surface area contributed by atoms with E-state index in [0.29, 0.717) is 42.3 Å². The van der Waals surface area contributed by atoms with Gasteiger partial charge in [-0.2, -0.15) is 5.26 Å². The summed E-state index contributed by atoms with van der Waals surface area (Å²) in [6, 6.07) is 12.1. The van der Waals surface area contributed by atoms with Crippen LogP contribution < -0.4 is 5.32 Å². The highest BCUT2D eigenvalue weighted by molar-refractivity contribution is 5.95. The predicted molar refractivity (Wildman–Crippen MR) is 108 cm³/mol. The third-order valence-corrected chi connectivity index (χ3v) is 5.14. The fourth-order valence-electron chi connectivity index (χ4n) is 3.54. The number of nitriles is 1. The van der Waals surface area contributed by atoms with Gasteiger partial charge < -0.3 is 14.8 Å². The summed E-state index contributed by atoms with van der Waals surface area (Å²) < 4.78 is 1.92. The molecule has 1 atom stereocenters. The van der Waals surface area contributed by atoms with Gasteiger partial charge in [0.15, 0.2) is 0 Å². The van der Waals surface area contributed by atoms with Crippen LogP contribution in [-0.4, -0.2) is 37.8 Å². The minimum atomic E-state index is -0.295. The third-order valence-electron chi connectivity index (χ3n) is 5.14. The van der Waals surface area contributed by atoms with Gasteiger partial charge in [0.1, 0.15) is 11.5 Å². The first-order chi connectivity index (χ1) is 14.6. The summed E-state index contributed by atoms with van der Waals surface area (Å²) in [5.41, 5.74) is 2.14. The molecule has 2 amide bonds. The quantitative estimate of drug-likeness (QED) is 0.724. The Labute approximate surface area is 173 Å². The number of hydrogen-bond donors (Lipinski definition) is 1. The first kappa shape index (κ1) is 19.3. The molecule has 3 heterocycles. The van der Waals surface area contributed by atoms with Crippen LogP contribution in [-0.2, 0) is 13.1 Å². The molecule has 2 aromatic heterocycles. The van der Waals surface area contributed by atoms with Crippen molar-refractivity contribution in [3.63, 3.8) is 0 Å². The van der Waals surface area contributed by atoms with Crippen LogP contribution in [0.2, 0.25) is 0 Å². The number of amides is 2. The summed E-state index contributed by atoms with van der Waals surface area (Å²) in [6.07, 6.45) is 5.10. The van der Waals surface area contributed by atoms with Crippen LogP contribution >= 0.6 is 0 Å². The maximum atomic E-state index is 13.0. The monoisotopic (exact) mass is 400 g/mol. The van der Waals surface area contributed by atoms with Crippen molar-refractivity contribution in [1.29, 1.82) is 5.26 Å². The van der Waals surface area contributed by atoms with E-state index in [1.807, 2.05) is 23.6 Å². The number of hydrogen-bond acceptors (Lipinski definition) is 5. The van der Waals surface area contributed by atoms with E-state index in [1.54, 1.807) is 47.8 Å². The van der Waals surface area contributed by atoms with Gasteiger partial charge in [0, 0.05) is 43.8 Å². The maximum Gasteiger partial charge on any atom is 0.271 e. The van der Waals surface area contributed by atoms with Crippen molar-refractivity contribution in [3.8, 4) is 6.07 Å². The first-order valence-corrected chi connectivity index (χ1v) is 9.62. The summed E-state index contributed by atoms with van der Waals surface area (Å²) in [4.78, 5) is 35.8. The Kier molecular flexibility index (Phi) is 5.26. The summed E-state index contributed by atoms with van der Waals surface area (Å²) >= 11 is 0. The number of aromatic nitrogens is 3. The zero-order chi connectivity index (χ0) is 21.1. The van der Waals surface area contributed by atoms with Crippen LogP contribution in [0.15, 0.2) is 55.0 Å². The molecule has 0 spiro atoms. The standard InChI is InChI=1S/C22H20N6O2/c1-15-20-26-19(21(29)25-13-17-5-3-7-24-12-17)14-27(20)8-9-28(15)22(30)18-6-2-4-16(10-18)11-23/h2-7,10,12,14-15H,8-9,13H2,1H3,(H,25,29)/t15-/m0/s1. The van der Waals surface area contributed by atoms with Crippen LogP contribution in [0.25, 0.3) is 0 Å². The fraction of sp³-hybridized carbons (Fsp3) is 0.227. The molecule has 1 aliphatic rings. The van der Waals surface area contributed by atoms with E-state index in [4.69, 9.17) is 5.26 Å². The molecule has 0 saturated heterocycles. The molecule has 150 valence electrons. The molecule has 4 rings (SSSR count). The average Bonchev–Trinajstić information content (AvgIpc) is 3.23. The number of carbonyl (C=O) groups is 2. The number of fused-ring (bicyclic) bond motifs is 1. The van der Waals surface area contributed by atoms with E-state index in [9.17, 15) is 9.59 Å². The SMILES string of the molecule is C[C@H]1c2nc(C(=O)NCc3cccnc3)cn2CCN1C(=O)c1cccc(C#N)c1. The molecular formula is C22H20N6O2. The molecule has 0 unspecified atom stereocenters. The molecule has 0 radical (unpaired) electrons. The largest absolute Gasteiger partial charge is 0.347 e. The summed E-state index contributed by atoms with van der Waals surface area (Å²) in [5.74, 6) is 0.238. The molecule has 8 heteroatoms. The Morgan fingerprint density at radius 3 is 2.90 bits per heavy atom. The van der Waals surface area contributed by atoms with Gasteiger partial charge in [-0.25, -0.2) is 4.98 Å². The van der Waals surface area contributed by atoms with Crippen molar-refractivity contribution in [2.24, 2.45) is 0 Å². The van der Waals surface area contributed by atoms with E-state index in [2.05, 4.69) is 21.4 Å². The molecular weight excluding hydrogens is 380 g/mol. The molecule has 0 bridgehead atoms. The lowest BCUT2D eigenvalue weighted by atomic mass is 10.1. The van der Waals surface area contributed by atoms with Crippen molar-refractivity contribution >= 4 is 11.8 Å². The van der Waals surface area contributed by atoms with E-state index in [1.165, 1.54) is 0 Å². The summed E-state index contributed by atoms with van der Waals surface area (Å²) in [7, 11) is 0. The van der Waals surface area contributed by atoms with Gasteiger partial charge in [-0.05, 0) is 36.8 Å². The van der Waals surface area contributed by atoms with Gasteiger partial charge in [-0.1, -0.05) is 12.1 Å². The van der Waals surface area contributed by atoms with E-state index in [0.717, 1.165) is 5.56 Å². The third kappa shape index (κ3) is 3.78. The molecule has 1 N–H and O–H groups in total. The Hall–Kier alpha value is -3.99. The van der Waals surface area contributed by atoms with Crippen LogP contribution in [0, 0.1) is 11.3 Å². The summed E-state index contributed by atoms with van der Waals surface area (Å²) in [5, 5.41) is 11.9. The Balaban J connectivity index is 1.49. The highest BCUT2D eigenvalue weighted by atomic mass is 16.2. The number of pyridine rings is 1. The zero-order valence-electron chi connectivity index (χ0n) is 16.4. The highest BCUT2D eigenvalue weighted by Crippen LogP contribution is 2.26. The lowest BCUT2D eigenvalue weighted by Gasteiger charge is -2.33. The molecule has 0 saturated carbocycles. The second kappa shape index (κ2) is 8.17. The molecule has 30 heavy (non-hydrogen) atoms. The molecule has 3 aromatic rings. The number of benzene rings is 1. The van der Waals surface area contributed by atoms with E-state index < -0.39 is 0 Å². The molecule has 1 aliphatic heterocycles. The smallest absolute Gasteiger partial charge is 0.271 e. The van der Waals surface area contributed by atoms with Crippen molar-refractivity contribution < 1.29 is 9.59 Å². The fourth-order valence-corrected chi connectivity index (χ4v) is 3.54. The second-order valence-electron chi connectivity index (χ2n) is 7.09. The maximum absolute atomic E-state index is 13.0. The Morgan fingerprint density at radius 2 is 2.13 bits per heavy atom. The molecule has 8 nitrogen and oxygen atoms in total. The van der Waals surface area contributed by atoms with Crippen LogP contribution in [0.1, 0.15) is 50.8 Å². The topological polar surface area (TPSA) is 104 Å². The van der Waals surface area contributed by atoms with Gasteiger partial charge in [-0.15, -0.1) is 0 Å². The van der Waals surface area contributed by atoms with Crippen molar-refractivity contribution in [2.75, 3.05) is 6.54 Å². The number of nitrogens with one attached hydrogen (secondary N) is 1. The minimum absolute atomic E-state index is 0.156. The van der Waals surface area contributed by atoms with E-state index >= 15 is 0 Å². The molecule has 1 aromatic carbocycles. The zero-order valence-corrected chi connectivity index (χ0v) is 16.4. The lowest BCUT2D eigenvalue weighted by Crippen LogP contribution is -2.41. The van der Waals surface area contributed by atoms with Crippen molar-refractivity contribution in [3.05, 3.63) is 83.2 Å². The number of nitrogens with zero attached hydrogens (tertiary/aromatic N) is 5. The number of carbonyl (C=O) groups excluding carboxylic acids is 2. The average molecular weight is 400 g/mol. The first-order valence-electron chi connectivity index (χ1n) is 9.62. The van der Waals surface area contributed by atoms with Gasteiger partial charge >= 0.3 is 0 Å². The second-order valence-corrected chi connectivity index (χ2v) is 7.09. The van der Waals surface area contributed by atoms with E-state index in [-0.39, 0.29) is 17.9 Å². The van der Waals surface area contributed by atoms with Crippen molar-refractivity contribution in [2.45, 2.75) is 26.1 Å². The Morgan fingerprint density at radius 1 is 1.27 bits per heavy atom. The van der Waals surface area contributed by atoms with Gasteiger partial charge in [0.25, 0.3) is 11.8 Å². The number of imidazole rings is 1. The van der Waals surface area contributed by atoms with Crippen LogP contribution in [0.3, 0.4) is 0 Å².